The molecule has 118 valence electrons. The molecule has 6 nitrogen and oxygen atoms in total. The predicted molar refractivity (Wildman–Crippen MR) is 81.5 cm³/mol. The van der Waals surface area contributed by atoms with E-state index in [0.29, 0.717) is 0 Å². The highest BCUT2D eigenvalue weighted by Crippen LogP contribution is 2.31. The van der Waals surface area contributed by atoms with Gasteiger partial charge in [0.15, 0.2) is 0 Å². The van der Waals surface area contributed by atoms with E-state index in [2.05, 4.69) is 5.32 Å². The van der Waals surface area contributed by atoms with Crippen LogP contribution in [0.1, 0.15) is 10.4 Å². The molecule has 1 aromatic carbocycles. The van der Waals surface area contributed by atoms with Crippen molar-refractivity contribution < 1.29 is 21.6 Å². The lowest BCUT2D eigenvalue weighted by Gasteiger charge is -2.09. The van der Waals surface area contributed by atoms with E-state index in [1.807, 2.05) is 0 Å². The number of carbonyl (C=O) groups excluding carboxylic acids is 1. The molecule has 0 aliphatic heterocycles. The molecule has 0 unspecified atom stereocenters. The molecule has 0 radical (unpaired) electrons. The van der Waals surface area contributed by atoms with Gasteiger partial charge in [-0.2, -0.15) is 0 Å². The number of nitrogens with one attached hydrogen (secondary N) is 1. The fourth-order valence-electron chi connectivity index (χ4n) is 1.35. The van der Waals surface area contributed by atoms with Crippen molar-refractivity contribution in [1.82, 2.24) is 5.32 Å². The Morgan fingerprint density at radius 2 is 1.76 bits per heavy atom. The van der Waals surface area contributed by atoms with Crippen molar-refractivity contribution in [3.63, 3.8) is 0 Å². The maximum atomic E-state index is 11.9. The smallest absolute Gasteiger partial charge is 0.262 e. The van der Waals surface area contributed by atoms with Crippen molar-refractivity contribution in [2.75, 3.05) is 18.6 Å². The Kier molecular flexibility index (Phi) is 5.91. The number of halogens is 3. The number of hydrogen-bond donors (Lipinski definition) is 1. The molecule has 0 aliphatic carbocycles. The highest BCUT2D eigenvalue weighted by atomic mass is 35.7. The predicted octanol–water partition coefficient (Wildman–Crippen LogP) is 1.70. The highest BCUT2D eigenvalue weighted by Gasteiger charge is 2.22. The van der Waals surface area contributed by atoms with Crippen LogP contribution in [0.2, 0.25) is 10.0 Å². The second-order valence-electron chi connectivity index (χ2n) is 4.09. The summed E-state index contributed by atoms with van der Waals surface area (Å²) in [6.45, 7) is -0.149. The summed E-state index contributed by atoms with van der Waals surface area (Å²) < 4.78 is 44.6. The Balaban J connectivity index is 3.08. The molecule has 1 aromatic rings. The number of rotatable bonds is 5. The third-order valence-corrected chi connectivity index (χ3v) is 5.30. The van der Waals surface area contributed by atoms with E-state index in [1.165, 1.54) is 0 Å². The first-order chi connectivity index (χ1) is 9.42. The van der Waals surface area contributed by atoms with Crippen molar-refractivity contribution in [2.24, 2.45) is 0 Å². The minimum absolute atomic E-state index is 0.0492. The van der Waals surface area contributed by atoms with Crippen molar-refractivity contribution in [2.45, 2.75) is 4.90 Å². The monoisotopic (exact) mass is 393 g/mol. The number of carbonyl (C=O) groups is 1. The fraction of sp³-hybridized carbons (Fsp3) is 0.300. The Labute approximate surface area is 136 Å². The average Bonchev–Trinajstić information content (AvgIpc) is 2.28. The highest BCUT2D eigenvalue weighted by molar-refractivity contribution is 8.13. The van der Waals surface area contributed by atoms with Crippen molar-refractivity contribution in [1.29, 1.82) is 0 Å². The van der Waals surface area contributed by atoms with Gasteiger partial charge in [0, 0.05) is 28.5 Å². The van der Waals surface area contributed by atoms with E-state index >= 15 is 0 Å². The molecule has 0 atom stereocenters. The number of sulfone groups is 1. The summed E-state index contributed by atoms with van der Waals surface area (Å²) in [5, 5.41) is 1.87. The summed E-state index contributed by atoms with van der Waals surface area (Å²) in [5.41, 5.74) is -0.211. The van der Waals surface area contributed by atoms with Gasteiger partial charge >= 0.3 is 0 Å². The van der Waals surface area contributed by atoms with E-state index < -0.39 is 29.7 Å². The molecule has 0 heterocycles. The SMILES string of the molecule is CS(=O)(=O)CCNC(=O)c1cc(Cl)cc(S(=O)(=O)Cl)c1Cl. The Morgan fingerprint density at radius 3 is 2.24 bits per heavy atom. The largest absolute Gasteiger partial charge is 0.351 e. The van der Waals surface area contributed by atoms with Gasteiger partial charge in [-0.25, -0.2) is 16.8 Å². The molecule has 11 heteroatoms. The molecule has 1 rings (SSSR count). The lowest BCUT2D eigenvalue weighted by Crippen LogP contribution is -2.29. The van der Waals surface area contributed by atoms with Gasteiger partial charge in [0.25, 0.3) is 15.0 Å². The fourth-order valence-corrected chi connectivity index (χ4v) is 3.68. The molecule has 0 aromatic heterocycles. The summed E-state index contributed by atoms with van der Waals surface area (Å²) in [6, 6.07) is 2.17. The molecule has 0 spiro atoms. The molecule has 1 N–H and O–H groups in total. The van der Waals surface area contributed by atoms with Crippen LogP contribution in [-0.2, 0) is 18.9 Å². The zero-order valence-corrected chi connectivity index (χ0v) is 14.5. The number of hydrogen-bond acceptors (Lipinski definition) is 5. The molecule has 21 heavy (non-hydrogen) atoms. The van der Waals surface area contributed by atoms with Crippen molar-refractivity contribution in [3.8, 4) is 0 Å². The summed E-state index contributed by atoms with van der Waals surface area (Å²) in [4.78, 5) is 11.4. The van der Waals surface area contributed by atoms with E-state index in [0.717, 1.165) is 18.4 Å². The van der Waals surface area contributed by atoms with Gasteiger partial charge in [-0.3, -0.25) is 4.79 Å². The van der Waals surface area contributed by atoms with Crippen LogP contribution < -0.4 is 5.32 Å². The average molecular weight is 395 g/mol. The first-order valence-electron chi connectivity index (χ1n) is 5.31. The standard InChI is InChI=1S/C10H10Cl3NO5S2/c1-20(16,17)3-2-14-10(15)7-4-6(11)5-8(9(7)12)21(13,18)19/h4-5H,2-3H2,1H3,(H,14,15). The Hall–Kier alpha value is -0.540. The summed E-state index contributed by atoms with van der Waals surface area (Å²) in [7, 11) is -2.22. The van der Waals surface area contributed by atoms with Crippen molar-refractivity contribution >= 4 is 58.7 Å². The lowest BCUT2D eigenvalue weighted by molar-refractivity contribution is 0.0956. The van der Waals surface area contributed by atoms with Gasteiger partial charge in [-0.1, -0.05) is 23.2 Å². The van der Waals surface area contributed by atoms with Gasteiger partial charge in [-0.05, 0) is 12.1 Å². The van der Waals surface area contributed by atoms with Crippen LogP contribution in [0.4, 0.5) is 0 Å². The van der Waals surface area contributed by atoms with Gasteiger partial charge in [0.1, 0.15) is 14.7 Å². The summed E-state index contributed by atoms with van der Waals surface area (Å²) in [6.07, 6.45) is 1.02. The molecule has 0 bridgehead atoms. The quantitative estimate of drug-likeness (QED) is 0.767. The van der Waals surface area contributed by atoms with Gasteiger partial charge < -0.3 is 5.32 Å². The second kappa shape index (κ2) is 6.70. The minimum atomic E-state index is -4.18. The Bertz CT molecular complexity index is 774. The van der Waals surface area contributed by atoms with Gasteiger partial charge in [-0.15, -0.1) is 0 Å². The number of amides is 1. The summed E-state index contributed by atoms with van der Waals surface area (Å²) in [5.74, 6) is -1.02. The first-order valence-corrected chi connectivity index (χ1v) is 10.4. The van der Waals surface area contributed by atoms with E-state index in [4.69, 9.17) is 33.9 Å². The molecule has 0 saturated heterocycles. The zero-order chi connectivity index (χ0) is 16.4. The van der Waals surface area contributed by atoms with Crippen molar-refractivity contribution in [3.05, 3.63) is 27.7 Å². The molecular weight excluding hydrogens is 385 g/mol. The van der Waals surface area contributed by atoms with Crippen LogP contribution in [-0.4, -0.2) is 41.3 Å². The van der Waals surface area contributed by atoms with E-state index in [1.54, 1.807) is 0 Å². The lowest BCUT2D eigenvalue weighted by atomic mass is 10.2. The molecule has 0 fully saturated rings. The minimum Gasteiger partial charge on any atom is -0.351 e. The topological polar surface area (TPSA) is 97.4 Å². The molecule has 0 saturated carbocycles. The molecule has 1 amide bonds. The van der Waals surface area contributed by atoms with Crippen LogP contribution in [0, 0.1) is 0 Å². The van der Waals surface area contributed by atoms with Crippen LogP contribution in [0.25, 0.3) is 0 Å². The number of benzene rings is 1. The van der Waals surface area contributed by atoms with Gasteiger partial charge in [0.2, 0.25) is 0 Å². The normalized spacial score (nSPS) is 12.2. The molecule has 0 aliphatic rings. The van der Waals surface area contributed by atoms with E-state index in [-0.39, 0.29) is 27.9 Å². The van der Waals surface area contributed by atoms with Crippen LogP contribution in [0.3, 0.4) is 0 Å². The third kappa shape index (κ3) is 5.63. The van der Waals surface area contributed by atoms with Crippen LogP contribution >= 0.6 is 33.9 Å². The van der Waals surface area contributed by atoms with Crippen LogP contribution in [0.15, 0.2) is 17.0 Å². The maximum absolute atomic E-state index is 11.9. The van der Waals surface area contributed by atoms with Crippen LogP contribution in [0.5, 0.6) is 0 Å². The maximum Gasteiger partial charge on any atom is 0.262 e. The Morgan fingerprint density at radius 1 is 1.19 bits per heavy atom. The zero-order valence-electron chi connectivity index (χ0n) is 10.6. The first kappa shape index (κ1) is 18.5. The summed E-state index contributed by atoms with van der Waals surface area (Å²) >= 11 is 11.5. The van der Waals surface area contributed by atoms with E-state index in [9.17, 15) is 21.6 Å². The second-order valence-corrected chi connectivity index (χ2v) is 9.70. The third-order valence-electron chi connectivity index (χ3n) is 2.27. The molecular formula is C10H10Cl3NO5S2. The van der Waals surface area contributed by atoms with Gasteiger partial charge in [0.05, 0.1) is 16.3 Å².